The number of nitrogens with one attached hydrogen (secondary N) is 1. The van der Waals surface area contributed by atoms with E-state index in [9.17, 15) is 4.79 Å². The van der Waals surface area contributed by atoms with Crippen LogP contribution in [0.5, 0.6) is 0 Å². The molecule has 1 N–H and O–H groups in total. The van der Waals surface area contributed by atoms with Crippen LogP contribution in [0.2, 0.25) is 5.28 Å². The van der Waals surface area contributed by atoms with Gasteiger partial charge in [-0.2, -0.15) is 15.0 Å². The van der Waals surface area contributed by atoms with E-state index in [2.05, 4.69) is 20.3 Å². The lowest BCUT2D eigenvalue weighted by Gasteiger charge is -2.15. The first-order valence-corrected chi connectivity index (χ1v) is 6.63. The molecular formula is C11H16ClN5O2. The number of halogens is 1. The summed E-state index contributed by atoms with van der Waals surface area (Å²) in [5, 5.41) is 2.90. The third kappa shape index (κ3) is 3.92. The summed E-state index contributed by atoms with van der Waals surface area (Å²) in [5.74, 6) is 0.473. The van der Waals surface area contributed by atoms with Gasteiger partial charge in [0, 0.05) is 13.1 Å². The summed E-state index contributed by atoms with van der Waals surface area (Å²) in [6.45, 7) is 3.93. The second-order valence-corrected chi connectivity index (χ2v) is 4.42. The van der Waals surface area contributed by atoms with Crippen LogP contribution in [-0.4, -0.2) is 47.2 Å². The van der Waals surface area contributed by atoms with Gasteiger partial charge >= 0.3 is 5.97 Å². The summed E-state index contributed by atoms with van der Waals surface area (Å²) in [4.78, 5) is 25.6. The molecule has 0 radical (unpaired) electrons. The number of esters is 1. The van der Waals surface area contributed by atoms with E-state index in [1.54, 1.807) is 6.92 Å². The SMILES string of the molecule is CCOC(=O)CNc1nc(Cl)nc(N2CCCC2)n1. The van der Waals surface area contributed by atoms with Gasteiger partial charge in [-0.1, -0.05) is 0 Å². The molecule has 0 unspecified atom stereocenters. The molecule has 0 spiro atoms. The number of rotatable bonds is 5. The van der Waals surface area contributed by atoms with E-state index >= 15 is 0 Å². The van der Waals surface area contributed by atoms with E-state index in [0.29, 0.717) is 12.6 Å². The molecule has 0 atom stereocenters. The molecular weight excluding hydrogens is 270 g/mol. The van der Waals surface area contributed by atoms with Crippen molar-refractivity contribution in [3.8, 4) is 0 Å². The summed E-state index contributed by atoms with van der Waals surface area (Å²) in [6, 6.07) is 0. The summed E-state index contributed by atoms with van der Waals surface area (Å²) >= 11 is 5.86. The molecule has 2 rings (SSSR count). The molecule has 2 heterocycles. The van der Waals surface area contributed by atoms with Crippen molar-refractivity contribution < 1.29 is 9.53 Å². The first-order chi connectivity index (χ1) is 9.19. The van der Waals surface area contributed by atoms with Crippen LogP contribution in [0.4, 0.5) is 11.9 Å². The van der Waals surface area contributed by atoms with Gasteiger partial charge in [0.15, 0.2) is 0 Å². The molecule has 1 aromatic heterocycles. The lowest BCUT2D eigenvalue weighted by atomic mass is 10.4. The van der Waals surface area contributed by atoms with Gasteiger partial charge in [0.2, 0.25) is 17.2 Å². The standard InChI is InChI=1S/C11H16ClN5O2/c1-2-19-8(18)7-13-10-14-9(12)15-11(16-10)17-5-3-4-6-17/h2-7H2,1H3,(H,13,14,15,16). The van der Waals surface area contributed by atoms with Crippen molar-refractivity contribution in [3.63, 3.8) is 0 Å². The van der Waals surface area contributed by atoms with Crippen LogP contribution in [0.1, 0.15) is 19.8 Å². The minimum Gasteiger partial charge on any atom is -0.465 e. The summed E-state index contributed by atoms with van der Waals surface area (Å²) < 4.78 is 4.81. The molecule has 0 aromatic carbocycles. The maximum Gasteiger partial charge on any atom is 0.325 e. The van der Waals surface area contributed by atoms with Crippen molar-refractivity contribution in [2.75, 3.05) is 36.5 Å². The Labute approximate surface area is 116 Å². The Morgan fingerprint density at radius 3 is 2.79 bits per heavy atom. The number of anilines is 2. The molecule has 7 nitrogen and oxygen atoms in total. The summed E-state index contributed by atoms with van der Waals surface area (Å²) in [6.07, 6.45) is 2.24. The Hall–Kier alpha value is -1.63. The molecule has 1 fully saturated rings. The van der Waals surface area contributed by atoms with Gasteiger partial charge < -0.3 is 15.0 Å². The predicted molar refractivity (Wildman–Crippen MR) is 71.4 cm³/mol. The fraction of sp³-hybridized carbons (Fsp3) is 0.636. The van der Waals surface area contributed by atoms with Gasteiger partial charge in [0.05, 0.1) is 6.61 Å². The molecule has 1 aliphatic rings. The Bertz CT molecular complexity index is 451. The highest BCUT2D eigenvalue weighted by Gasteiger charge is 2.17. The molecule has 0 saturated carbocycles. The van der Waals surface area contributed by atoms with Crippen molar-refractivity contribution in [2.24, 2.45) is 0 Å². The van der Waals surface area contributed by atoms with E-state index < -0.39 is 0 Å². The van der Waals surface area contributed by atoms with Crippen LogP contribution >= 0.6 is 11.6 Å². The van der Waals surface area contributed by atoms with E-state index in [1.807, 2.05) is 4.90 Å². The van der Waals surface area contributed by atoms with Gasteiger partial charge in [-0.25, -0.2) is 0 Å². The number of aromatic nitrogens is 3. The third-order valence-corrected chi connectivity index (χ3v) is 2.85. The Morgan fingerprint density at radius 2 is 2.11 bits per heavy atom. The average molecular weight is 286 g/mol. The highest BCUT2D eigenvalue weighted by Crippen LogP contribution is 2.18. The van der Waals surface area contributed by atoms with E-state index in [-0.39, 0.29) is 23.7 Å². The van der Waals surface area contributed by atoms with Crippen molar-refractivity contribution in [2.45, 2.75) is 19.8 Å². The Balaban J connectivity index is 2.02. The molecule has 19 heavy (non-hydrogen) atoms. The number of ether oxygens (including phenoxy) is 1. The zero-order valence-corrected chi connectivity index (χ0v) is 11.5. The molecule has 0 aliphatic carbocycles. The van der Waals surface area contributed by atoms with Crippen molar-refractivity contribution in [3.05, 3.63) is 5.28 Å². The zero-order valence-electron chi connectivity index (χ0n) is 10.7. The molecule has 1 aromatic rings. The maximum absolute atomic E-state index is 11.2. The fourth-order valence-electron chi connectivity index (χ4n) is 1.84. The third-order valence-electron chi connectivity index (χ3n) is 2.68. The summed E-state index contributed by atoms with van der Waals surface area (Å²) in [7, 11) is 0. The van der Waals surface area contributed by atoms with Gasteiger partial charge in [-0.15, -0.1) is 0 Å². The molecule has 1 aliphatic heterocycles. The van der Waals surface area contributed by atoms with Crippen LogP contribution in [0.3, 0.4) is 0 Å². The van der Waals surface area contributed by atoms with Crippen LogP contribution in [0.25, 0.3) is 0 Å². The van der Waals surface area contributed by atoms with Crippen molar-refractivity contribution in [1.29, 1.82) is 0 Å². The highest BCUT2D eigenvalue weighted by molar-refractivity contribution is 6.28. The minimum atomic E-state index is -0.359. The van der Waals surface area contributed by atoms with Crippen LogP contribution in [0, 0.1) is 0 Å². The largest absolute Gasteiger partial charge is 0.465 e. The van der Waals surface area contributed by atoms with Crippen molar-refractivity contribution in [1.82, 2.24) is 15.0 Å². The second-order valence-electron chi connectivity index (χ2n) is 4.08. The fourth-order valence-corrected chi connectivity index (χ4v) is 2.00. The normalized spacial score (nSPS) is 14.5. The van der Waals surface area contributed by atoms with Crippen LogP contribution in [-0.2, 0) is 9.53 Å². The van der Waals surface area contributed by atoms with Gasteiger partial charge in [0.1, 0.15) is 6.54 Å². The number of carbonyl (C=O) groups excluding carboxylic acids is 1. The smallest absolute Gasteiger partial charge is 0.325 e. The summed E-state index contributed by atoms with van der Waals surface area (Å²) in [5.41, 5.74) is 0. The topological polar surface area (TPSA) is 80.2 Å². The molecule has 8 heteroatoms. The second kappa shape index (κ2) is 6.51. The first-order valence-electron chi connectivity index (χ1n) is 6.25. The number of nitrogens with zero attached hydrogens (tertiary/aromatic N) is 4. The number of hydrogen-bond acceptors (Lipinski definition) is 7. The van der Waals surface area contributed by atoms with Gasteiger partial charge in [-0.3, -0.25) is 4.79 Å². The first kappa shape index (κ1) is 13.8. The van der Waals surface area contributed by atoms with Crippen molar-refractivity contribution >= 4 is 29.5 Å². The quantitative estimate of drug-likeness (QED) is 0.811. The molecule has 0 bridgehead atoms. The average Bonchev–Trinajstić information content (AvgIpc) is 2.90. The number of hydrogen-bond donors (Lipinski definition) is 1. The van der Waals surface area contributed by atoms with Gasteiger partial charge in [0.25, 0.3) is 0 Å². The highest BCUT2D eigenvalue weighted by atomic mass is 35.5. The van der Waals surface area contributed by atoms with E-state index in [1.165, 1.54) is 0 Å². The van der Waals surface area contributed by atoms with E-state index in [4.69, 9.17) is 16.3 Å². The van der Waals surface area contributed by atoms with Crippen LogP contribution in [0.15, 0.2) is 0 Å². The lowest BCUT2D eigenvalue weighted by molar-refractivity contribution is -0.140. The Kier molecular flexibility index (Phi) is 4.73. The molecule has 0 amide bonds. The minimum absolute atomic E-state index is 0.00756. The predicted octanol–water partition coefficient (Wildman–Crippen LogP) is 1.10. The van der Waals surface area contributed by atoms with Gasteiger partial charge in [-0.05, 0) is 31.4 Å². The zero-order chi connectivity index (χ0) is 13.7. The molecule has 104 valence electrons. The van der Waals surface area contributed by atoms with Crippen LogP contribution < -0.4 is 10.2 Å². The monoisotopic (exact) mass is 285 g/mol. The lowest BCUT2D eigenvalue weighted by Crippen LogP contribution is -2.23. The number of carbonyl (C=O) groups is 1. The Morgan fingerprint density at radius 1 is 1.37 bits per heavy atom. The molecule has 1 saturated heterocycles. The maximum atomic E-state index is 11.2. The van der Waals surface area contributed by atoms with E-state index in [0.717, 1.165) is 25.9 Å².